The summed E-state index contributed by atoms with van der Waals surface area (Å²) in [6.45, 7) is -0.218. The summed E-state index contributed by atoms with van der Waals surface area (Å²) in [7, 11) is 0. The number of aliphatic hydroxyl groups excluding tert-OH is 1. The van der Waals surface area contributed by atoms with Crippen molar-refractivity contribution in [3.63, 3.8) is 0 Å². The minimum absolute atomic E-state index is 0.218. The van der Waals surface area contributed by atoms with E-state index in [-0.39, 0.29) is 6.61 Å². The molecule has 0 aliphatic rings. The van der Waals surface area contributed by atoms with Crippen molar-refractivity contribution in [2.24, 2.45) is 5.73 Å². The predicted octanol–water partition coefficient (Wildman–Crippen LogP) is -0.0806. The lowest BCUT2D eigenvalue weighted by atomic mass is 10.1. The second-order valence-corrected chi connectivity index (χ2v) is 3.51. The highest BCUT2D eigenvalue weighted by Crippen LogP contribution is 2.14. The molecule has 0 heterocycles. The lowest BCUT2D eigenvalue weighted by molar-refractivity contribution is -0.138. The molecule has 0 aliphatic carbocycles. The highest BCUT2D eigenvalue weighted by Gasteiger charge is 2.17. The van der Waals surface area contributed by atoms with Crippen molar-refractivity contribution >= 4 is 17.6 Å². The molecule has 6 nitrogen and oxygen atoms in total. The zero-order chi connectivity index (χ0) is 12.8. The number of benzene rings is 1. The Hall–Kier alpha value is -1.92. The number of para-hydroxylation sites is 1. The third-order valence-electron chi connectivity index (χ3n) is 2.18. The number of carboxylic acids is 1. The molecule has 1 unspecified atom stereocenters. The molecule has 92 valence electrons. The summed E-state index contributed by atoms with van der Waals surface area (Å²) in [5.41, 5.74) is 6.38. The fourth-order valence-electron chi connectivity index (χ4n) is 1.29. The van der Waals surface area contributed by atoms with Crippen molar-refractivity contribution in [2.75, 3.05) is 5.32 Å². The molecule has 6 heteroatoms. The second kappa shape index (κ2) is 5.97. The van der Waals surface area contributed by atoms with Crippen LogP contribution in [0, 0.1) is 0 Å². The lowest BCUT2D eigenvalue weighted by Gasteiger charge is -2.12. The van der Waals surface area contributed by atoms with Crippen LogP contribution >= 0.6 is 0 Å². The molecule has 0 spiro atoms. The molecule has 1 atom stereocenters. The van der Waals surface area contributed by atoms with Crippen molar-refractivity contribution in [2.45, 2.75) is 19.1 Å². The zero-order valence-corrected chi connectivity index (χ0v) is 9.09. The van der Waals surface area contributed by atoms with Crippen LogP contribution in [0.1, 0.15) is 12.0 Å². The number of anilines is 1. The van der Waals surface area contributed by atoms with E-state index in [1.807, 2.05) is 0 Å². The number of nitrogens with two attached hydrogens (primary N) is 1. The molecule has 1 rings (SSSR count). The van der Waals surface area contributed by atoms with Crippen LogP contribution in [0.5, 0.6) is 0 Å². The molecule has 0 saturated heterocycles. The maximum Gasteiger partial charge on any atom is 0.305 e. The van der Waals surface area contributed by atoms with Crippen molar-refractivity contribution in [3.8, 4) is 0 Å². The molecule has 0 bridgehead atoms. The second-order valence-electron chi connectivity index (χ2n) is 3.51. The van der Waals surface area contributed by atoms with Crippen LogP contribution in [-0.2, 0) is 16.2 Å². The van der Waals surface area contributed by atoms with Crippen LogP contribution in [-0.4, -0.2) is 28.1 Å². The molecule has 0 saturated carbocycles. The van der Waals surface area contributed by atoms with E-state index in [9.17, 15) is 9.59 Å². The first kappa shape index (κ1) is 13.1. The predicted molar refractivity (Wildman–Crippen MR) is 61.2 cm³/mol. The maximum absolute atomic E-state index is 11.5. The number of hydrogen-bond donors (Lipinski definition) is 4. The number of carbonyl (C=O) groups is 2. The number of carboxylic acid groups (broad SMARTS) is 1. The monoisotopic (exact) mass is 238 g/mol. The van der Waals surface area contributed by atoms with Gasteiger partial charge in [0.1, 0.15) is 0 Å². The van der Waals surface area contributed by atoms with Gasteiger partial charge in [-0.15, -0.1) is 0 Å². The first-order chi connectivity index (χ1) is 8.04. The molecular weight excluding hydrogens is 224 g/mol. The Kier molecular flexibility index (Phi) is 4.62. The molecular formula is C11H14N2O4. The van der Waals surface area contributed by atoms with Crippen LogP contribution in [0.3, 0.4) is 0 Å². The van der Waals surface area contributed by atoms with Gasteiger partial charge in [-0.05, 0) is 6.07 Å². The van der Waals surface area contributed by atoms with Crippen LogP contribution < -0.4 is 11.1 Å². The van der Waals surface area contributed by atoms with Gasteiger partial charge in [-0.2, -0.15) is 0 Å². The van der Waals surface area contributed by atoms with Gasteiger partial charge in [0, 0.05) is 11.3 Å². The number of aliphatic hydroxyl groups is 1. The molecule has 0 aliphatic heterocycles. The van der Waals surface area contributed by atoms with E-state index in [1.165, 1.54) is 0 Å². The summed E-state index contributed by atoms with van der Waals surface area (Å²) in [5, 5.41) is 20.0. The number of carbonyl (C=O) groups excluding carboxylic acids is 1. The van der Waals surface area contributed by atoms with Crippen LogP contribution in [0.25, 0.3) is 0 Å². The van der Waals surface area contributed by atoms with Crippen LogP contribution in [0.15, 0.2) is 24.3 Å². The summed E-state index contributed by atoms with van der Waals surface area (Å²) in [5.74, 6) is -1.73. The first-order valence-electron chi connectivity index (χ1n) is 5.01. The Labute approximate surface area is 98.1 Å². The zero-order valence-electron chi connectivity index (χ0n) is 9.09. The largest absolute Gasteiger partial charge is 0.481 e. The quantitative estimate of drug-likeness (QED) is 0.573. The van der Waals surface area contributed by atoms with Crippen LogP contribution in [0.2, 0.25) is 0 Å². The summed E-state index contributed by atoms with van der Waals surface area (Å²) >= 11 is 0. The molecule has 0 radical (unpaired) electrons. The Morgan fingerprint density at radius 2 is 2.00 bits per heavy atom. The van der Waals surface area contributed by atoms with E-state index in [0.717, 1.165) is 0 Å². The standard InChI is InChI=1S/C11H14N2O4/c12-8(5-10(15)16)11(17)13-9-4-2-1-3-7(9)6-14/h1-4,8,14H,5-6,12H2,(H,13,17)(H,15,16). The van der Waals surface area contributed by atoms with Crippen molar-refractivity contribution in [1.82, 2.24) is 0 Å². The van der Waals surface area contributed by atoms with Crippen LogP contribution in [0.4, 0.5) is 5.69 Å². The molecule has 17 heavy (non-hydrogen) atoms. The van der Waals surface area contributed by atoms with Gasteiger partial charge in [0.25, 0.3) is 0 Å². The van der Waals surface area contributed by atoms with E-state index < -0.39 is 24.3 Å². The normalized spacial score (nSPS) is 11.9. The first-order valence-corrected chi connectivity index (χ1v) is 5.01. The summed E-state index contributed by atoms with van der Waals surface area (Å²) in [6, 6.07) is 5.56. The number of aliphatic carboxylic acids is 1. The van der Waals surface area contributed by atoms with E-state index in [4.69, 9.17) is 15.9 Å². The minimum atomic E-state index is -1.14. The third kappa shape index (κ3) is 3.86. The van der Waals surface area contributed by atoms with Gasteiger partial charge < -0.3 is 21.3 Å². The lowest BCUT2D eigenvalue weighted by Crippen LogP contribution is -2.37. The van der Waals surface area contributed by atoms with E-state index >= 15 is 0 Å². The molecule has 1 aromatic carbocycles. The summed E-state index contributed by atoms with van der Waals surface area (Å²) < 4.78 is 0. The highest BCUT2D eigenvalue weighted by molar-refractivity contribution is 5.97. The van der Waals surface area contributed by atoms with Gasteiger partial charge in [-0.3, -0.25) is 9.59 Å². The fourth-order valence-corrected chi connectivity index (χ4v) is 1.29. The van der Waals surface area contributed by atoms with E-state index in [0.29, 0.717) is 11.3 Å². The van der Waals surface area contributed by atoms with E-state index in [1.54, 1.807) is 24.3 Å². The minimum Gasteiger partial charge on any atom is -0.481 e. The Bertz CT molecular complexity index is 420. The SMILES string of the molecule is NC(CC(=O)O)C(=O)Nc1ccccc1CO. The molecule has 0 aromatic heterocycles. The molecule has 0 fully saturated rings. The van der Waals surface area contributed by atoms with E-state index in [2.05, 4.69) is 5.32 Å². The number of rotatable bonds is 5. The van der Waals surface area contributed by atoms with Crippen molar-refractivity contribution in [3.05, 3.63) is 29.8 Å². The molecule has 1 amide bonds. The van der Waals surface area contributed by atoms with Gasteiger partial charge in [0.2, 0.25) is 5.91 Å². The highest BCUT2D eigenvalue weighted by atomic mass is 16.4. The van der Waals surface area contributed by atoms with Gasteiger partial charge in [0.05, 0.1) is 19.1 Å². The topological polar surface area (TPSA) is 113 Å². The van der Waals surface area contributed by atoms with Gasteiger partial charge >= 0.3 is 5.97 Å². The fraction of sp³-hybridized carbons (Fsp3) is 0.273. The van der Waals surface area contributed by atoms with Gasteiger partial charge in [-0.25, -0.2) is 0 Å². The molecule has 1 aromatic rings. The van der Waals surface area contributed by atoms with Crippen molar-refractivity contribution in [1.29, 1.82) is 0 Å². The summed E-state index contributed by atoms with van der Waals surface area (Å²) in [4.78, 5) is 21.9. The Morgan fingerprint density at radius 3 is 2.59 bits per heavy atom. The van der Waals surface area contributed by atoms with Gasteiger partial charge in [-0.1, -0.05) is 18.2 Å². The number of hydrogen-bond acceptors (Lipinski definition) is 4. The molecule has 5 N–H and O–H groups in total. The Morgan fingerprint density at radius 1 is 1.35 bits per heavy atom. The average molecular weight is 238 g/mol. The number of nitrogens with one attached hydrogen (secondary N) is 1. The van der Waals surface area contributed by atoms with Gasteiger partial charge in [0.15, 0.2) is 0 Å². The summed E-state index contributed by atoms with van der Waals surface area (Å²) in [6.07, 6.45) is -0.437. The Balaban J connectivity index is 2.70. The van der Waals surface area contributed by atoms with Crippen molar-refractivity contribution < 1.29 is 19.8 Å². The smallest absolute Gasteiger partial charge is 0.305 e. The average Bonchev–Trinajstić information content (AvgIpc) is 2.28. The maximum atomic E-state index is 11.5. The third-order valence-corrected chi connectivity index (χ3v) is 2.18. The number of amides is 1.